The Labute approximate surface area is 74.4 Å². The molecule has 0 heterocycles. The van der Waals surface area contributed by atoms with E-state index < -0.39 is 12.2 Å². The molecule has 0 aliphatic heterocycles. The SMILES string of the molecule is COC(CO)COP(=O)(Cl)Cl. The average Bonchev–Trinajstić information content (AvgIpc) is 1.88. The lowest BCUT2D eigenvalue weighted by atomic mass is 10.4. The van der Waals surface area contributed by atoms with E-state index >= 15 is 0 Å². The molecule has 0 aliphatic carbocycles. The van der Waals surface area contributed by atoms with Crippen LogP contribution in [0.15, 0.2) is 0 Å². The minimum atomic E-state index is -3.49. The summed E-state index contributed by atoms with van der Waals surface area (Å²) >= 11 is 10.1. The van der Waals surface area contributed by atoms with Gasteiger partial charge in [0, 0.05) is 7.11 Å². The van der Waals surface area contributed by atoms with E-state index in [0.717, 1.165) is 0 Å². The molecule has 0 fully saturated rings. The van der Waals surface area contributed by atoms with Gasteiger partial charge in [0.2, 0.25) is 0 Å². The first-order chi connectivity index (χ1) is 4.99. The van der Waals surface area contributed by atoms with E-state index in [4.69, 9.17) is 27.6 Å². The number of hydrogen-bond donors (Lipinski definition) is 1. The highest BCUT2D eigenvalue weighted by Crippen LogP contribution is 2.57. The summed E-state index contributed by atoms with van der Waals surface area (Å²) in [5, 5.41) is 8.54. The maximum absolute atomic E-state index is 10.5. The maximum Gasteiger partial charge on any atom is 0.380 e. The van der Waals surface area contributed by atoms with Gasteiger partial charge in [0.05, 0.1) is 13.2 Å². The van der Waals surface area contributed by atoms with Crippen molar-refractivity contribution >= 4 is 28.6 Å². The van der Waals surface area contributed by atoms with Crippen LogP contribution in [0.3, 0.4) is 0 Å². The van der Waals surface area contributed by atoms with Gasteiger partial charge in [-0.05, 0) is 22.5 Å². The van der Waals surface area contributed by atoms with Gasteiger partial charge in [0.1, 0.15) is 6.10 Å². The lowest BCUT2D eigenvalue weighted by Crippen LogP contribution is -2.20. The Morgan fingerprint density at radius 1 is 1.64 bits per heavy atom. The van der Waals surface area contributed by atoms with Crippen molar-refractivity contribution in [3.05, 3.63) is 0 Å². The van der Waals surface area contributed by atoms with Gasteiger partial charge in [0.25, 0.3) is 0 Å². The first-order valence-corrected chi connectivity index (χ1v) is 6.20. The van der Waals surface area contributed by atoms with Crippen molar-refractivity contribution in [1.82, 2.24) is 0 Å². The molecule has 1 unspecified atom stereocenters. The van der Waals surface area contributed by atoms with E-state index in [2.05, 4.69) is 9.26 Å². The second kappa shape index (κ2) is 5.36. The molecule has 4 nitrogen and oxygen atoms in total. The molecule has 0 amide bonds. The second-order valence-corrected chi connectivity index (χ2v) is 6.03. The molecule has 0 aromatic heterocycles. The summed E-state index contributed by atoms with van der Waals surface area (Å²) in [4.78, 5) is 0. The Kier molecular flexibility index (Phi) is 5.69. The molecular formula is C4H9Cl2O4P. The van der Waals surface area contributed by atoms with Crippen molar-refractivity contribution in [2.45, 2.75) is 6.10 Å². The predicted octanol–water partition coefficient (Wildman–Crippen LogP) is 1.60. The molecule has 7 heteroatoms. The summed E-state index contributed by atoms with van der Waals surface area (Å²) in [5.74, 6) is 0. The molecule has 1 atom stereocenters. The summed E-state index contributed by atoms with van der Waals surface area (Å²) in [7, 11) is 1.39. The van der Waals surface area contributed by atoms with Crippen molar-refractivity contribution in [3.63, 3.8) is 0 Å². The average molecular weight is 223 g/mol. The van der Waals surface area contributed by atoms with Crippen LogP contribution in [-0.4, -0.2) is 31.5 Å². The van der Waals surface area contributed by atoms with Crippen LogP contribution < -0.4 is 0 Å². The molecule has 0 bridgehead atoms. The summed E-state index contributed by atoms with van der Waals surface area (Å²) < 4.78 is 19.7. The Morgan fingerprint density at radius 3 is 2.45 bits per heavy atom. The molecule has 0 radical (unpaired) electrons. The normalized spacial score (nSPS) is 14.9. The molecular weight excluding hydrogens is 214 g/mol. The van der Waals surface area contributed by atoms with Gasteiger partial charge >= 0.3 is 6.07 Å². The summed E-state index contributed by atoms with van der Waals surface area (Å²) in [6, 6.07) is 0. The molecule has 0 aliphatic rings. The van der Waals surface area contributed by atoms with E-state index in [9.17, 15) is 4.57 Å². The monoisotopic (exact) mass is 222 g/mol. The van der Waals surface area contributed by atoms with Gasteiger partial charge in [-0.3, -0.25) is 4.57 Å². The third-order valence-electron chi connectivity index (χ3n) is 0.948. The molecule has 0 saturated carbocycles. The minimum Gasteiger partial charge on any atom is -0.394 e. The number of methoxy groups -OCH3 is 1. The van der Waals surface area contributed by atoms with E-state index in [1.165, 1.54) is 7.11 Å². The number of halogens is 2. The molecule has 1 N–H and O–H groups in total. The third kappa shape index (κ3) is 7.06. The largest absolute Gasteiger partial charge is 0.394 e. The van der Waals surface area contributed by atoms with Gasteiger partial charge in [-0.15, -0.1) is 0 Å². The predicted molar refractivity (Wildman–Crippen MR) is 43.1 cm³/mol. The first-order valence-electron chi connectivity index (χ1n) is 2.77. The fourth-order valence-electron chi connectivity index (χ4n) is 0.365. The molecule has 68 valence electrons. The maximum atomic E-state index is 10.5. The number of hydrogen-bond acceptors (Lipinski definition) is 4. The molecule has 0 aromatic rings. The van der Waals surface area contributed by atoms with E-state index in [1.807, 2.05) is 0 Å². The van der Waals surface area contributed by atoms with Gasteiger partial charge in [0.15, 0.2) is 0 Å². The van der Waals surface area contributed by atoms with E-state index in [1.54, 1.807) is 0 Å². The van der Waals surface area contributed by atoms with Crippen molar-refractivity contribution in [2.75, 3.05) is 20.3 Å². The Bertz CT molecular complexity index is 143. The van der Waals surface area contributed by atoms with E-state index in [0.29, 0.717) is 0 Å². The highest BCUT2D eigenvalue weighted by molar-refractivity contribution is 8.05. The quantitative estimate of drug-likeness (QED) is 0.719. The summed E-state index contributed by atoms with van der Waals surface area (Å²) in [6.45, 7) is -0.318. The topological polar surface area (TPSA) is 55.8 Å². The van der Waals surface area contributed by atoms with E-state index in [-0.39, 0.29) is 13.2 Å². The zero-order valence-electron chi connectivity index (χ0n) is 5.87. The highest BCUT2D eigenvalue weighted by atomic mass is 35.9. The molecule has 0 aromatic carbocycles. The van der Waals surface area contributed by atoms with Gasteiger partial charge in [-0.2, -0.15) is 0 Å². The lowest BCUT2D eigenvalue weighted by molar-refractivity contribution is 0.0187. The molecule has 0 spiro atoms. The van der Waals surface area contributed by atoms with Crippen LogP contribution >= 0.6 is 28.6 Å². The Morgan fingerprint density at radius 2 is 2.18 bits per heavy atom. The van der Waals surface area contributed by atoms with Crippen molar-refractivity contribution < 1.29 is 18.9 Å². The smallest absolute Gasteiger partial charge is 0.380 e. The fraction of sp³-hybridized carbons (Fsp3) is 1.00. The third-order valence-corrected chi connectivity index (χ3v) is 1.98. The van der Waals surface area contributed by atoms with Crippen LogP contribution in [-0.2, 0) is 13.8 Å². The van der Waals surface area contributed by atoms with Gasteiger partial charge < -0.3 is 14.4 Å². The number of ether oxygens (including phenoxy) is 1. The van der Waals surface area contributed by atoms with Crippen LogP contribution in [0.25, 0.3) is 0 Å². The van der Waals surface area contributed by atoms with Crippen molar-refractivity contribution in [1.29, 1.82) is 0 Å². The fourth-order valence-corrected chi connectivity index (χ4v) is 1.04. The van der Waals surface area contributed by atoms with Crippen LogP contribution in [0.2, 0.25) is 0 Å². The van der Waals surface area contributed by atoms with Crippen LogP contribution in [0, 0.1) is 0 Å². The van der Waals surface area contributed by atoms with Crippen LogP contribution in [0.4, 0.5) is 0 Å². The number of aliphatic hydroxyl groups excluding tert-OH is 1. The van der Waals surface area contributed by atoms with Crippen molar-refractivity contribution in [3.8, 4) is 0 Å². The number of aliphatic hydroxyl groups is 1. The first kappa shape index (κ1) is 11.7. The number of rotatable bonds is 5. The minimum absolute atomic E-state index is 0.0860. The van der Waals surface area contributed by atoms with Crippen LogP contribution in [0.5, 0.6) is 0 Å². The van der Waals surface area contributed by atoms with Crippen molar-refractivity contribution in [2.24, 2.45) is 0 Å². The molecule has 0 saturated heterocycles. The lowest BCUT2D eigenvalue weighted by Gasteiger charge is -2.11. The zero-order chi connectivity index (χ0) is 8.91. The Balaban J connectivity index is 3.59. The van der Waals surface area contributed by atoms with Gasteiger partial charge in [-0.25, -0.2) is 0 Å². The molecule has 11 heavy (non-hydrogen) atoms. The Hall–Kier alpha value is 0.690. The van der Waals surface area contributed by atoms with Gasteiger partial charge in [-0.1, -0.05) is 0 Å². The standard InChI is InChI=1S/C4H9Cl2O4P/c1-9-4(2-7)3-10-11(5,6)8/h4,7H,2-3H2,1H3. The second-order valence-electron chi connectivity index (χ2n) is 1.75. The van der Waals surface area contributed by atoms with Crippen LogP contribution in [0.1, 0.15) is 0 Å². The zero-order valence-corrected chi connectivity index (χ0v) is 8.27. The highest BCUT2D eigenvalue weighted by Gasteiger charge is 2.17. The summed E-state index contributed by atoms with van der Waals surface area (Å²) in [6.07, 6.45) is -4.03. The summed E-state index contributed by atoms with van der Waals surface area (Å²) in [5.41, 5.74) is 0. The molecule has 0 rings (SSSR count).